The van der Waals surface area contributed by atoms with E-state index in [1.807, 2.05) is 12.3 Å². The molecule has 3 heteroatoms. The van der Waals surface area contributed by atoms with E-state index in [2.05, 4.69) is 40.6 Å². The molecule has 1 fully saturated rings. The largest absolute Gasteiger partial charge is 0.497 e. The lowest BCUT2D eigenvalue weighted by Crippen LogP contribution is -2.44. The number of benzene rings is 1. The molecule has 1 aliphatic carbocycles. The molecule has 0 saturated heterocycles. The fourth-order valence-corrected chi connectivity index (χ4v) is 4.18. The molecule has 2 aliphatic rings. The standard InChI is InChI=1S/C19H22N2O/c1-22-14-7-8-15-16(12-14)19(9-3-4-10-19)13-21-18(15)17-6-2-5-11-20-17/h2,5-8,11-12,18,21H,3-4,9-10,13H2,1H3. The lowest BCUT2D eigenvalue weighted by molar-refractivity contribution is 0.350. The highest BCUT2D eigenvalue weighted by Gasteiger charge is 2.42. The van der Waals surface area contributed by atoms with Crippen LogP contribution in [0.3, 0.4) is 0 Å². The minimum Gasteiger partial charge on any atom is -0.497 e. The summed E-state index contributed by atoms with van der Waals surface area (Å²) < 4.78 is 5.49. The van der Waals surface area contributed by atoms with E-state index in [1.54, 1.807) is 7.11 Å². The van der Waals surface area contributed by atoms with Gasteiger partial charge in [-0.15, -0.1) is 0 Å². The predicted octanol–water partition coefficient (Wildman–Crippen LogP) is 3.59. The molecule has 1 N–H and O–H groups in total. The SMILES string of the molecule is COc1ccc2c(c1)C1(CCCC1)CNC2c1ccccn1. The summed E-state index contributed by atoms with van der Waals surface area (Å²) in [4.78, 5) is 4.57. The van der Waals surface area contributed by atoms with Gasteiger partial charge in [0.2, 0.25) is 0 Å². The van der Waals surface area contributed by atoms with Gasteiger partial charge in [-0.05, 0) is 48.2 Å². The highest BCUT2D eigenvalue weighted by Crippen LogP contribution is 2.47. The Balaban J connectivity index is 1.84. The van der Waals surface area contributed by atoms with Crippen LogP contribution in [-0.4, -0.2) is 18.6 Å². The van der Waals surface area contributed by atoms with E-state index < -0.39 is 0 Å². The Morgan fingerprint density at radius 1 is 1.18 bits per heavy atom. The van der Waals surface area contributed by atoms with Crippen molar-refractivity contribution in [3.05, 3.63) is 59.4 Å². The monoisotopic (exact) mass is 294 g/mol. The minimum atomic E-state index is 0.188. The van der Waals surface area contributed by atoms with E-state index >= 15 is 0 Å². The topological polar surface area (TPSA) is 34.1 Å². The Bertz CT molecular complexity index is 662. The van der Waals surface area contributed by atoms with Crippen LogP contribution in [0, 0.1) is 0 Å². The Morgan fingerprint density at radius 3 is 2.77 bits per heavy atom. The second-order valence-corrected chi connectivity index (χ2v) is 6.51. The third-order valence-corrected chi connectivity index (χ3v) is 5.33. The van der Waals surface area contributed by atoms with Crippen molar-refractivity contribution in [1.29, 1.82) is 0 Å². The normalized spacial score (nSPS) is 22.5. The predicted molar refractivity (Wildman–Crippen MR) is 87.2 cm³/mol. The zero-order valence-corrected chi connectivity index (χ0v) is 13.0. The van der Waals surface area contributed by atoms with Gasteiger partial charge < -0.3 is 10.1 Å². The van der Waals surface area contributed by atoms with Crippen LogP contribution in [0.1, 0.15) is 48.5 Å². The van der Waals surface area contributed by atoms with Gasteiger partial charge in [0.15, 0.2) is 0 Å². The van der Waals surface area contributed by atoms with Crippen LogP contribution >= 0.6 is 0 Å². The molecule has 114 valence electrons. The number of rotatable bonds is 2. The molecule has 22 heavy (non-hydrogen) atoms. The highest BCUT2D eigenvalue weighted by atomic mass is 16.5. The average Bonchev–Trinajstić information content (AvgIpc) is 3.05. The molecular weight excluding hydrogens is 272 g/mol. The molecule has 1 saturated carbocycles. The van der Waals surface area contributed by atoms with E-state index in [9.17, 15) is 0 Å². The number of nitrogens with one attached hydrogen (secondary N) is 1. The number of nitrogens with zero attached hydrogens (tertiary/aromatic N) is 1. The molecular formula is C19H22N2O. The third-order valence-electron chi connectivity index (χ3n) is 5.33. The first-order valence-corrected chi connectivity index (χ1v) is 8.15. The van der Waals surface area contributed by atoms with E-state index in [0.29, 0.717) is 0 Å². The molecule has 1 aliphatic heterocycles. The Labute approximate surface area is 131 Å². The third kappa shape index (κ3) is 2.12. The number of aromatic nitrogens is 1. The van der Waals surface area contributed by atoms with Crippen molar-refractivity contribution in [2.24, 2.45) is 0 Å². The lowest BCUT2D eigenvalue weighted by Gasteiger charge is -2.40. The molecule has 2 aromatic rings. The van der Waals surface area contributed by atoms with Gasteiger partial charge >= 0.3 is 0 Å². The summed E-state index contributed by atoms with van der Waals surface area (Å²) in [6, 6.07) is 12.9. The molecule has 0 bridgehead atoms. The first-order chi connectivity index (χ1) is 10.8. The van der Waals surface area contributed by atoms with E-state index in [0.717, 1.165) is 18.0 Å². The highest BCUT2D eigenvalue weighted by molar-refractivity contribution is 5.47. The summed E-state index contributed by atoms with van der Waals surface area (Å²) in [6.45, 7) is 1.04. The van der Waals surface area contributed by atoms with Gasteiger partial charge in [-0.2, -0.15) is 0 Å². The van der Waals surface area contributed by atoms with Gasteiger partial charge in [-0.3, -0.25) is 4.98 Å². The maximum atomic E-state index is 5.49. The minimum absolute atomic E-state index is 0.188. The first kappa shape index (κ1) is 13.8. The van der Waals surface area contributed by atoms with Crippen molar-refractivity contribution in [2.75, 3.05) is 13.7 Å². The van der Waals surface area contributed by atoms with Gasteiger partial charge in [-0.1, -0.05) is 25.0 Å². The van der Waals surface area contributed by atoms with Crippen molar-refractivity contribution in [2.45, 2.75) is 37.1 Å². The van der Waals surface area contributed by atoms with Crippen molar-refractivity contribution < 1.29 is 4.74 Å². The maximum absolute atomic E-state index is 5.49. The molecule has 3 nitrogen and oxygen atoms in total. The first-order valence-electron chi connectivity index (χ1n) is 8.15. The average molecular weight is 294 g/mol. The molecule has 1 aromatic carbocycles. The summed E-state index contributed by atoms with van der Waals surface area (Å²) >= 11 is 0. The smallest absolute Gasteiger partial charge is 0.119 e. The van der Waals surface area contributed by atoms with Crippen LogP contribution in [0.5, 0.6) is 5.75 Å². The number of pyridine rings is 1. The van der Waals surface area contributed by atoms with Gasteiger partial charge in [0.05, 0.1) is 18.8 Å². The number of hydrogen-bond acceptors (Lipinski definition) is 3. The molecule has 2 heterocycles. The van der Waals surface area contributed by atoms with Crippen LogP contribution < -0.4 is 10.1 Å². The molecule has 4 rings (SSSR count). The Kier molecular flexibility index (Phi) is 3.38. The Morgan fingerprint density at radius 2 is 2.05 bits per heavy atom. The summed E-state index contributed by atoms with van der Waals surface area (Å²) in [5.74, 6) is 0.965. The number of ether oxygens (including phenoxy) is 1. The van der Waals surface area contributed by atoms with Crippen LogP contribution in [0.4, 0.5) is 0 Å². The van der Waals surface area contributed by atoms with Gasteiger partial charge in [0, 0.05) is 18.2 Å². The number of fused-ring (bicyclic) bond motifs is 2. The Hall–Kier alpha value is -1.87. The van der Waals surface area contributed by atoms with Gasteiger partial charge in [0.1, 0.15) is 5.75 Å². The van der Waals surface area contributed by atoms with Crippen LogP contribution in [0.15, 0.2) is 42.6 Å². The number of methoxy groups -OCH3 is 1. The molecule has 1 atom stereocenters. The summed E-state index contributed by atoms with van der Waals surface area (Å²) in [5.41, 5.74) is 4.22. The molecule has 1 aromatic heterocycles. The molecule has 0 radical (unpaired) electrons. The van der Waals surface area contributed by atoms with Gasteiger partial charge in [0.25, 0.3) is 0 Å². The second-order valence-electron chi connectivity index (χ2n) is 6.51. The zero-order valence-electron chi connectivity index (χ0n) is 13.0. The number of hydrogen-bond donors (Lipinski definition) is 1. The van der Waals surface area contributed by atoms with Crippen LogP contribution in [-0.2, 0) is 5.41 Å². The van der Waals surface area contributed by atoms with Crippen molar-refractivity contribution >= 4 is 0 Å². The van der Waals surface area contributed by atoms with Crippen molar-refractivity contribution in [3.8, 4) is 5.75 Å². The van der Waals surface area contributed by atoms with Crippen molar-refractivity contribution in [3.63, 3.8) is 0 Å². The fourth-order valence-electron chi connectivity index (χ4n) is 4.18. The van der Waals surface area contributed by atoms with E-state index in [1.165, 1.54) is 36.8 Å². The molecule has 1 spiro atoms. The summed E-state index contributed by atoms with van der Waals surface area (Å²) in [5, 5.41) is 3.76. The lowest BCUT2D eigenvalue weighted by atomic mass is 9.72. The van der Waals surface area contributed by atoms with E-state index in [4.69, 9.17) is 4.74 Å². The molecule has 1 unspecified atom stereocenters. The quantitative estimate of drug-likeness (QED) is 0.919. The van der Waals surface area contributed by atoms with E-state index in [-0.39, 0.29) is 11.5 Å². The van der Waals surface area contributed by atoms with Crippen LogP contribution in [0.2, 0.25) is 0 Å². The fraction of sp³-hybridized carbons (Fsp3) is 0.421. The van der Waals surface area contributed by atoms with Crippen LogP contribution in [0.25, 0.3) is 0 Å². The van der Waals surface area contributed by atoms with Crippen molar-refractivity contribution in [1.82, 2.24) is 10.3 Å². The summed E-state index contributed by atoms with van der Waals surface area (Å²) in [7, 11) is 1.75. The summed E-state index contributed by atoms with van der Waals surface area (Å²) in [6.07, 6.45) is 7.07. The zero-order chi connectivity index (χ0) is 15.0. The van der Waals surface area contributed by atoms with Gasteiger partial charge in [-0.25, -0.2) is 0 Å². The molecule has 0 amide bonds. The second kappa shape index (κ2) is 5.40. The maximum Gasteiger partial charge on any atom is 0.119 e.